The van der Waals surface area contributed by atoms with Crippen molar-refractivity contribution in [3.8, 4) is 22.3 Å². The highest BCUT2D eigenvalue weighted by Gasteiger charge is 2.21. The molecule has 0 aliphatic heterocycles. The molecule has 0 unspecified atom stereocenters. The lowest BCUT2D eigenvalue weighted by Crippen LogP contribution is -2.11. The summed E-state index contributed by atoms with van der Waals surface area (Å²) >= 11 is 6.63. The molecular weight excluding hydrogens is 444 g/mol. The van der Waals surface area contributed by atoms with E-state index in [1.54, 1.807) is 0 Å². The molecular formula is C34H27Cl. The molecule has 6 aromatic rings. The Morgan fingerprint density at radius 3 is 1.83 bits per heavy atom. The molecule has 0 heterocycles. The van der Waals surface area contributed by atoms with Crippen LogP contribution < -0.4 is 0 Å². The number of benzene rings is 6. The fourth-order valence-corrected chi connectivity index (χ4v) is 5.71. The molecule has 0 fully saturated rings. The third-order valence-electron chi connectivity index (χ3n) is 7.05. The Morgan fingerprint density at radius 1 is 0.486 bits per heavy atom. The summed E-state index contributed by atoms with van der Waals surface area (Å²) in [6, 6.07) is 39.2. The lowest BCUT2D eigenvalue weighted by atomic mass is 9.81. The molecule has 1 heteroatoms. The van der Waals surface area contributed by atoms with E-state index in [1.807, 2.05) is 6.07 Å². The first-order valence-corrected chi connectivity index (χ1v) is 12.5. The number of rotatable bonds is 2. The van der Waals surface area contributed by atoms with Gasteiger partial charge in [0.25, 0.3) is 0 Å². The van der Waals surface area contributed by atoms with E-state index >= 15 is 0 Å². The molecule has 0 nitrogen and oxygen atoms in total. The van der Waals surface area contributed by atoms with Crippen molar-refractivity contribution in [3.05, 3.63) is 120 Å². The smallest absolute Gasteiger partial charge is 0.0412 e. The monoisotopic (exact) mass is 470 g/mol. The number of hydrogen-bond donors (Lipinski definition) is 0. The van der Waals surface area contributed by atoms with Crippen LogP contribution >= 0.6 is 11.6 Å². The maximum Gasteiger partial charge on any atom is 0.0412 e. The minimum atomic E-state index is 0.0583. The van der Waals surface area contributed by atoms with E-state index < -0.39 is 0 Å². The third-order valence-corrected chi connectivity index (χ3v) is 7.28. The largest absolute Gasteiger partial charge is 0.0843 e. The van der Waals surface area contributed by atoms with E-state index in [4.69, 9.17) is 11.6 Å². The second-order valence-corrected chi connectivity index (χ2v) is 10.7. The highest BCUT2D eigenvalue weighted by atomic mass is 35.5. The van der Waals surface area contributed by atoms with Crippen molar-refractivity contribution in [1.29, 1.82) is 0 Å². The zero-order chi connectivity index (χ0) is 24.2. The van der Waals surface area contributed by atoms with Crippen LogP contribution in [0.1, 0.15) is 26.3 Å². The second-order valence-electron chi connectivity index (χ2n) is 10.3. The first-order chi connectivity index (χ1) is 16.9. The van der Waals surface area contributed by atoms with E-state index in [9.17, 15) is 0 Å². The van der Waals surface area contributed by atoms with Crippen molar-refractivity contribution in [2.45, 2.75) is 26.2 Å². The summed E-state index contributed by atoms with van der Waals surface area (Å²) in [6.07, 6.45) is 0. The normalized spacial score (nSPS) is 12.0. The van der Waals surface area contributed by atoms with E-state index in [0.29, 0.717) is 0 Å². The molecule has 0 aromatic heterocycles. The van der Waals surface area contributed by atoms with Gasteiger partial charge < -0.3 is 0 Å². The summed E-state index contributed by atoms with van der Waals surface area (Å²) in [6.45, 7) is 6.86. The highest BCUT2D eigenvalue weighted by molar-refractivity contribution is 6.33. The summed E-state index contributed by atoms with van der Waals surface area (Å²) in [4.78, 5) is 0. The summed E-state index contributed by atoms with van der Waals surface area (Å²) in [5, 5.41) is 8.25. The van der Waals surface area contributed by atoms with Crippen LogP contribution in [-0.2, 0) is 5.41 Å². The number of hydrogen-bond acceptors (Lipinski definition) is 0. The molecule has 6 aromatic carbocycles. The van der Waals surface area contributed by atoms with Gasteiger partial charge in [-0.2, -0.15) is 0 Å². The molecule has 0 radical (unpaired) electrons. The molecule has 0 saturated heterocycles. The van der Waals surface area contributed by atoms with Crippen molar-refractivity contribution in [3.63, 3.8) is 0 Å². The van der Waals surface area contributed by atoms with Gasteiger partial charge in [0, 0.05) is 5.02 Å². The minimum absolute atomic E-state index is 0.0583. The van der Waals surface area contributed by atoms with Crippen molar-refractivity contribution in [1.82, 2.24) is 0 Å². The van der Waals surface area contributed by atoms with Crippen LogP contribution in [0.15, 0.2) is 109 Å². The van der Waals surface area contributed by atoms with Crippen molar-refractivity contribution >= 4 is 43.9 Å². The Labute approximate surface area is 211 Å². The standard InChI is InChI=1S/C34H27Cl/c1-34(2,3)31-18-10-15-24-25(31)16-9-17-26(24)33-28-14-8-7-13-27(28)32(22-11-5-4-6-12-22)29-20-19-23(35)21-30(29)33/h4-21H,1-3H3. The Balaban J connectivity index is 1.82. The van der Waals surface area contributed by atoms with Gasteiger partial charge >= 0.3 is 0 Å². The average Bonchev–Trinajstić information content (AvgIpc) is 2.86. The summed E-state index contributed by atoms with van der Waals surface area (Å²) in [5.74, 6) is 0. The number of halogens is 1. The molecule has 35 heavy (non-hydrogen) atoms. The highest BCUT2D eigenvalue weighted by Crippen LogP contribution is 2.46. The zero-order valence-electron chi connectivity index (χ0n) is 20.3. The van der Waals surface area contributed by atoms with Crippen LogP contribution in [-0.4, -0.2) is 0 Å². The lowest BCUT2D eigenvalue weighted by molar-refractivity contribution is 0.596. The molecule has 6 rings (SSSR count). The van der Waals surface area contributed by atoms with Crippen molar-refractivity contribution in [2.75, 3.05) is 0 Å². The maximum absolute atomic E-state index is 6.63. The molecule has 170 valence electrons. The number of fused-ring (bicyclic) bond motifs is 3. The van der Waals surface area contributed by atoms with Gasteiger partial charge in [-0.05, 0) is 77.7 Å². The SMILES string of the molecule is CC(C)(C)c1cccc2c(-c3c4ccccc4c(-c4ccccc4)c4ccc(Cl)cc34)cccc12. The zero-order valence-corrected chi connectivity index (χ0v) is 21.0. The Bertz CT molecular complexity index is 1720. The van der Waals surface area contributed by atoms with E-state index in [1.165, 1.54) is 60.1 Å². The van der Waals surface area contributed by atoms with E-state index in [-0.39, 0.29) is 5.41 Å². The van der Waals surface area contributed by atoms with Crippen molar-refractivity contribution in [2.24, 2.45) is 0 Å². The van der Waals surface area contributed by atoms with Crippen LogP contribution in [0.5, 0.6) is 0 Å². The fraction of sp³-hybridized carbons (Fsp3) is 0.118. The van der Waals surface area contributed by atoms with Gasteiger partial charge in [-0.3, -0.25) is 0 Å². The van der Waals surface area contributed by atoms with Crippen LogP contribution in [0.3, 0.4) is 0 Å². The van der Waals surface area contributed by atoms with Gasteiger partial charge in [0.15, 0.2) is 0 Å². The van der Waals surface area contributed by atoms with Gasteiger partial charge in [0.1, 0.15) is 0 Å². The predicted octanol–water partition coefficient (Wildman–Crippen LogP) is 10.4. The lowest BCUT2D eigenvalue weighted by Gasteiger charge is -2.23. The molecule has 0 aliphatic rings. The van der Waals surface area contributed by atoms with Crippen molar-refractivity contribution < 1.29 is 0 Å². The molecule has 0 atom stereocenters. The van der Waals surface area contributed by atoms with Crippen LogP contribution in [0.4, 0.5) is 0 Å². The van der Waals surface area contributed by atoms with Gasteiger partial charge in [-0.25, -0.2) is 0 Å². The molecule has 0 amide bonds. The quantitative estimate of drug-likeness (QED) is 0.221. The Kier molecular flexibility index (Phi) is 5.16. The third kappa shape index (κ3) is 3.61. The molecule has 0 aliphatic carbocycles. The van der Waals surface area contributed by atoms with Gasteiger partial charge in [-0.1, -0.05) is 129 Å². The summed E-state index contributed by atoms with van der Waals surface area (Å²) in [7, 11) is 0. The van der Waals surface area contributed by atoms with Gasteiger partial charge in [-0.15, -0.1) is 0 Å². The molecule has 0 spiro atoms. The summed E-state index contributed by atoms with van der Waals surface area (Å²) in [5.41, 5.74) is 6.39. The summed E-state index contributed by atoms with van der Waals surface area (Å²) < 4.78 is 0. The first-order valence-electron chi connectivity index (χ1n) is 12.2. The molecule has 0 bridgehead atoms. The van der Waals surface area contributed by atoms with Gasteiger partial charge in [0.2, 0.25) is 0 Å². The maximum atomic E-state index is 6.63. The second kappa shape index (κ2) is 8.26. The molecule has 0 saturated carbocycles. The van der Waals surface area contributed by atoms with Crippen LogP contribution in [0, 0.1) is 0 Å². The fourth-order valence-electron chi connectivity index (χ4n) is 5.54. The first kappa shape index (κ1) is 21.9. The Hall–Kier alpha value is -3.61. The van der Waals surface area contributed by atoms with Crippen LogP contribution in [0.2, 0.25) is 5.02 Å². The van der Waals surface area contributed by atoms with E-state index in [2.05, 4.69) is 124 Å². The predicted molar refractivity (Wildman–Crippen MR) is 154 cm³/mol. The molecule has 0 N–H and O–H groups in total. The average molecular weight is 471 g/mol. The Morgan fingerprint density at radius 2 is 1.09 bits per heavy atom. The van der Waals surface area contributed by atoms with Crippen LogP contribution in [0.25, 0.3) is 54.6 Å². The minimum Gasteiger partial charge on any atom is -0.0843 e. The topological polar surface area (TPSA) is 0 Å². The van der Waals surface area contributed by atoms with Gasteiger partial charge in [0.05, 0.1) is 0 Å². The van der Waals surface area contributed by atoms with E-state index in [0.717, 1.165) is 5.02 Å².